The molecule has 0 saturated carbocycles. The zero-order chi connectivity index (χ0) is 23.2. The molecule has 2 aromatic rings. The lowest BCUT2D eigenvalue weighted by molar-refractivity contribution is -0.140. The van der Waals surface area contributed by atoms with Crippen molar-refractivity contribution >= 4 is 17.2 Å². The number of nitrogens with zero attached hydrogens (tertiary/aromatic N) is 5. The number of pyridine rings is 1. The molecule has 5 heterocycles. The molecule has 0 radical (unpaired) electrons. The summed E-state index contributed by atoms with van der Waals surface area (Å²) in [5.41, 5.74) is 1.34. The average molecular weight is 448 g/mol. The Morgan fingerprint density at radius 2 is 2.12 bits per heavy atom. The maximum absolute atomic E-state index is 13.6. The minimum Gasteiger partial charge on any atom is -0.356 e. The first-order valence-corrected chi connectivity index (χ1v) is 11.3. The van der Waals surface area contributed by atoms with Crippen molar-refractivity contribution < 1.29 is 13.9 Å². The molecule has 3 saturated heterocycles. The van der Waals surface area contributed by atoms with E-state index in [1.807, 2.05) is 23.1 Å². The van der Waals surface area contributed by atoms with Gasteiger partial charge in [-0.05, 0) is 49.6 Å². The van der Waals surface area contributed by atoms with Gasteiger partial charge < -0.3 is 14.5 Å². The predicted molar refractivity (Wildman–Crippen MR) is 122 cm³/mol. The second-order valence-corrected chi connectivity index (χ2v) is 8.89. The van der Waals surface area contributed by atoms with Gasteiger partial charge in [0, 0.05) is 25.9 Å². The van der Waals surface area contributed by atoms with Gasteiger partial charge in [-0.3, -0.25) is 4.79 Å². The highest BCUT2D eigenvalue weighted by molar-refractivity contribution is 5.88. The van der Waals surface area contributed by atoms with E-state index in [-0.39, 0.29) is 24.0 Å². The smallest absolute Gasteiger partial charge is 0.257 e. The van der Waals surface area contributed by atoms with Crippen LogP contribution in [0.1, 0.15) is 38.2 Å². The molecule has 8 heteroatoms. The molecule has 33 heavy (non-hydrogen) atoms. The molecule has 1 spiro atoms. The number of fused-ring (bicyclic) bond motifs is 2. The number of amides is 1. The van der Waals surface area contributed by atoms with Gasteiger partial charge in [0.15, 0.2) is 5.60 Å². The van der Waals surface area contributed by atoms with Crippen LogP contribution in [0.15, 0.2) is 60.6 Å². The summed E-state index contributed by atoms with van der Waals surface area (Å²) in [5.74, 6) is 0.664. The van der Waals surface area contributed by atoms with Crippen LogP contribution in [0.3, 0.4) is 0 Å². The second-order valence-electron chi connectivity index (χ2n) is 8.89. The Hall–Kier alpha value is -3.44. The number of aromatic nitrogens is 2. The topological polar surface area (TPSA) is 73.9 Å². The molecule has 2 aromatic heterocycles. The maximum atomic E-state index is 13.6. The van der Waals surface area contributed by atoms with Crippen LogP contribution in [0, 0.1) is 11.3 Å². The van der Waals surface area contributed by atoms with Crippen LogP contribution < -0.4 is 4.90 Å². The Morgan fingerprint density at radius 3 is 2.85 bits per heavy atom. The largest absolute Gasteiger partial charge is 0.356 e. The van der Waals surface area contributed by atoms with Crippen LogP contribution in [0.2, 0.25) is 0 Å². The predicted octanol–water partition coefficient (Wildman–Crippen LogP) is 3.88. The second kappa shape index (κ2) is 8.16. The highest BCUT2D eigenvalue weighted by atomic mass is 19.1. The van der Waals surface area contributed by atoms with Crippen molar-refractivity contribution in [3.63, 3.8) is 0 Å². The highest BCUT2D eigenvalue weighted by Gasteiger charge is 2.58. The summed E-state index contributed by atoms with van der Waals surface area (Å²) in [6, 6.07) is 7.64. The van der Waals surface area contributed by atoms with Gasteiger partial charge in [0.2, 0.25) is 0 Å². The quantitative estimate of drug-likeness (QED) is 0.665. The van der Waals surface area contributed by atoms with E-state index in [2.05, 4.69) is 22.6 Å². The van der Waals surface area contributed by atoms with E-state index >= 15 is 0 Å². The number of carbonyl (C=O) groups is 1. The van der Waals surface area contributed by atoms with Crippen LogP contribution in [-0.2, 0) is 9.53 Å². The summed E-state index contributed by atoms with van der Waals surface area (Å²) in [4.78, 5) is 17.6. The fourth-order valence-electron chi connectivity index (χ4n) is 5.26. The molecule has 1 amide bonds. The van der Waals surface area contributed by atoms with Crippen LogP contribution in [0.4, 0.5) is 10.2 Å². The summed E-state index contributed by atoms with van der Waals surface area (Å²) in [5, 5.41) is 13.7. The standard InChI is InChI=1S/C25H26FN5O2/c1-17(4-3-5-18(2)26)20-7-9-23-30(20)24(32)25(33-23)11-14-29(15-12-25)22-8-6-19(16-27)21-10-13-28-31(21)22/h3-6,8,10,13,20,23H,1,7,9,11-12,14-15H2,2H3/b4-3-,18-5+/t20-,23+/m0/s1. The number of allylic oxidation sites excluding steroid dienone is 3. The number of carbonyl (C=O) groups excluding carboxylic acids is 1. The number of hydrogen-bond acceptors (Lipinski definition) is 5. The van der Waals surface area contributed by atoms with Crippen LogP contribution in [0.25, 0.3) is 5.52 Å². The van der Waals surface area contributed by atoms with Crippen LogP contribution in [0.5, 0.6) is 0 Å². The summed E-state index contributed by atoms with van der Waals surface area (Å²) < 4.78 is 21.2. The fraction of sp³-hybridized carbons (Fsp3) is 0.400. The summed E-state index contributed by atoms with van der Waals surface area (Å²) in [6.45, 7) is 6.82. The first-order valence-electron chi connectivity index (χ1n) is 11.3. The molecule has 170 valence electrons. The molecule has 5 rings (SSSR count). The first-order chi connectivity index (χ1) is 15.9. The summed E-state index contributed by atoms with van der Waals surface area (Å²) in [7, 11) is 0. The third-order valence-corrected chi connectivity index (χ3v) is 6.93. The van der Waals surface area contributed by atoms with E-state index in [9.17, 15) is 14.4 Å². The summed E-state index contributed by atoms with van der Waals surface area (Å²) in [6.07, 6.45) is 8.99. The van der Waals surface area contributed by atoms with Crippen molar-refractivity contribution in [2.24, 2.45) is 0 Å². The average Bonchev–Trinajstić information content (AvgIpc) is 3.50. The van der Waals surface area contributed by atoms with E-state index in [0.717, 1.165) is 29.7 Å². The zero-order valence-corrected chi connectivity index (χ0v) is 18.6. The molecular formula is C25H26FN5O2. The molecule has 3 aliphatic rings. The monoisotopic (exact) mass is 447 g/mol. The molecule has 0 aromatic carbocycles. The number of nitriles is 1. The van der Waals surface area contributed by atoms with Gasteiger partial charge in [-0.2, -0.15) is 10.4 Å². The Labute approximate surface area is 192 Å². The zero-order valence-electron chi connectivity index (χ0n) is 18.6. The Bertz CT molecular complexity index is 1210. The number of hydrogen-bond donors (Lipinski definition) is 0. The van der Waals surface area contributed by atoms with Crippen molar-refractivity contribution in [1.82, 2.24) is 14.5 Å². The number of halogens is 1. The highest BCUT2D eigenvalue weighted by Crippen LogP contribution is 2.44. The van der Waals surface area contributed by atoms with E-state index in [4.69, 9.17) is 4.74 Å². The Morgan fingerprint density at radius 1 is 1.33 bits per heavy atom. The number of rotatable bonds is 4. The van der Waals surface area contributed by atoms with E-state index in [0.29, 0.717) is 31.5 Å². The molecule has 0 aliphatic carbocycles. The van der Waals surface area contributed by atoms with Gasteiger partial charge >= 0.3 is 0 Å². The minimum absolute atomic E-state index is 0.0329. The Balaban J connectivity index is 1.31. The van der Waals surface area contributed by atoms with Crippen molar-refractivity contribution in [3.05, 3.63) is 66.2 Å². The van der Waals surface area contributed by atoms with Crippen molar-refractivity contribution in [2.75, 3.05) is 18.0 Å². The third kappa shape index (κ3) is 3.53. The number of anilines is 1. The van der Waals surface area contributed by atoms with E-state index in [1.54, 1.807) is 22.9 Å². The molecule has 2 atom stereocenters. The van der Waals surface area contributed by atoms with Gasteiger partial charge in [0.1, 0.15) is 18.1 Å². The van der Waals surface area contributed by atoms with Crippen LogP contribution >= 0.6 is 0 Å². The molecule has 7 nitrogen and oxygen atoms in total. The van der Waals surface area contributed by atoms with Crippen molar-refractivity contribution in [3.8, 4) is 6.07 Å². The van der Waals surface area contributed by atoms with Gasteiger partial charge in [0.05, 0.1) is 29.1 Å². The van der Waals surface area contributed by atoms with E-state index in [1.165, 1.54) is 13.0 Å². The van der Waals surface area contributed by atoms with Crippen molar-refractivity contribution in [1.29, 1.82) is 5.26 Å². The number of ether oxygens (including phenoxy) is 1. The normalized spacial score (nSPS) is 24.8. The minimum atomic E-state index is -0.810. The van der Waals surface area contributed by atoms with Crippen LogP contribution in [-0.4, -0.2) is 51.4 Å². The molecule has 3 aliphatic heterocycles. The van der Waals surface area contributed by atoms with Crippen molar-refractivity contribution in [2.45, 2.75) is 50.5 Å². The van der Waals surface area contributed by atoms with Gasteiger partial charge in [-0.15, -0.1) is 0 Å². The molecule has 0 bridgehead atoms. The van der Waals surface area contributed by atoms with Gasteiger partial charge in [-0.1, -0.05) is 18.7 Å². The fourth-order valence-corrected chi connectivity index (χ4v) is 5.26. The van der Waals surface area contributed by atoms with Gasteiger partial charge in [-0.25, -0.2) is 8.91 Å². The molecule has 3 fully saturated rings. The molecule has 0 N–H and O–H groups in total. The number of piperidine rings is 1. The molecular weight excluding hydrogens is 421 g/mol. The maximum Gasteiger partial charge on any atom is 0.257 e. The lowest BCUT2D eigenvalue weighted by Gasteiger charge is -2.38. The molecule has 0 unspecified atom stereocenters. The SMILES string of the molecule is C=C(/C=C\C=C(/C)F)[C@@H]1CC[C@H]2OC3(CCN(c4ccc(C#N)c5ccnn45)CC3)C(=O)N21. The third-order valence-electron chi connectivity index (χ3n) is 6.93. The lowest BCUT2D eigenvalue weighted by atomic mass is 9.89. The summed E-state index contributed by atoms with van der Waals surface area (Å²) >= 11 is 0. The first kappa shape index (κ1) is 21.4. The van der Waals surface area contributed by atoms with E-state index < -0.39 is 5.60 Å². The van der Waals surface area contributed by atoms with Gasteiger partial charge in [0.25, 0.3) is 5.91 Å². The Kier molecular flexibility index (Phi) is 5.29. The lowest BCUT2D eigenvalue weighted by Crippen LogP contribution is -2.51.